The number of nitrogens with zero attached hydrogens (tertiary/aromatic N) is 1. The van der Waals surface area contributed by atoms with Gasteiger partial charge in [-0.05, 0) is 50.5 Å². The molecule has 1 fully saturated rings. The number of aromatic amines is 1. The van der Waals surface area contributed by atoms with Crippen LogP contribution in [0.15, 0.2) is 48.5 Å². The number of aromatic nitrogens is 1. The molecule has 27 heavy (non-hydrogen) atoms. The van der Waals surface area contributed by atoms with E-state index in [1.165, 1.54) is 5.56 Å². The number of rotatable bonds is 3. The predicted molar refractivity (Wildman–Crippen MR) is 107 cm³/mol. The Bertz CT molecular complexity index is 1000. The van der Waals surface area contributed by atoms with Gasteiger partial charge in [-0.25, -0.2) is 0 Å². The molecule has 2 heterocycles. The van der Waals surface area contributed by atoms with Crippen molar-refractivity contribution in [3.8, 4) is 0 Å². The van der Waals surface area contributed by atoms with Gasteiger partial charge in [-0.1, -0.05) is 30.3 Å². The third-order valence-corrected chi connectivity index (χ3v) is 5.69. The second-order valence-corrected chi connectivity index (χ2v) is 7.46. The van der Waals surface area contributed by atoms with Crippen LogP contribution in [0.2, 0.25) is 0 Å². The Balaban J connectivity index is 1.55. The van der Waals surface area contributed by atoms with E-state index in [-0.39, 0.29) is 17.6 Å². The molecular formula is C23H24N2O2. The fourth-order valence-electron chi connectivity index (χ4n) is 3.99. The molecule has 4 rings (SSSR count). The maximum Gasteiger partial charge on any atom is 0.253 e. The van der Waals surface area contributed by atoms with Crippen LogP contribution in [0.25, 0.3) is 10.9 Å². The molecule has 0 aliphatic carbocycles. The number of nitrogens with one attached hydrogen (secondary N) is 1. The number of piperidine rings is 1. The van der Waals surface area contributed by atoms with Crippen LogP contribution < -0.4 is 0 Å². The molecule has 4 heteroatoms. The summed E-state index contributed by atoms with van der Waals surface area (Å²) in [6.07, 6.45) is 1.70. The number of carbonyl (C=O) groups excluding carboxylic acids is 2. The van der Waals surface area contributed by atoms with Crippen molar-refractivity contribution >= 4 is 22.6 Å². The number of H-pyrrole nitrogens is 1. The topological polar surface area (TPSA) is 53.2 Å². The first-order chi connectivity index (χ1) is 13.0. The summed E-state index contributed by atoms with van der Waals surface area (Å²) in [5.74, 6) is 0.0337. The Kier molecular flexibility index (Phi) is 4.56. The highest BCUT2D eigenvalue weighted by molar-refractivity contribution is 6.01. The van der Waals surface area contributed by atoms with Gasteiger partial charge in [0.05, 0.1) is 0 Å². The number of amides is 1. The molecule has 138 valence electrons. The van der Waals surface area contributed by atoms with Gasteiger partial charge in [-0.15, -0.1) is 0 Å². The van der Waals surface area contributed by atoms with E-state index in [1.807, 2.05) is 60.4 Å². The molecule has 1 aromatic heterocycles. The molecule has 1 aliphatic rings. The second-order valence-electron chi connectivity index (χ2n) is 7.46. The summed E-state index contributed by atoms with van der Waals surface area (Å²) < 4.78 is 0. The van der Waals surface area contributed by atoms with Crippen LogP contribution in [0.1, 0.15) is 44.8 Å². The number of Topliss-reactive ketones (excluding diaryl/α,β-unsaturated/α-hetero) is 1. The summed E-state index contributed by atoms with van der Waals surface area (Å²) in [5.41, 5.74) is 4.78. The lowest BCUT2D eigenvalue weighted by molar-refractivity contribution is 0.0637. The molecule has 2 aromatic carbocycles. The number of ketones is 1. The number of aryl methyl sites for hydroxylation is 2. The van der Waals surface area contributed by atoms with E-state index >= 15 is 0 Å². The summed E-state index contributed by atoms with van der Waals surface area (Å²) >= 11 is 0. The van der Waals surface area contributed by atoms with Gasteiger partial charge >= 0.3 is 0 Å². The fraction of sp³-hybridized carbons (Fsp3) is 0.304. The lowest BCUT2D eigenvalue weighted by Crippen LogP contribution is -2.42. The van der Waals surface area contributed by atoms with Gasteiger partial charge in [0.1, 0.15) is 0 Å². The predicted octanol–water partition coefficient (Wildman–Crippen LogP) is 4.52. The number of carbonyl (C=O) groups is 2. The molecule has 1 saturated heterocycles. The molecule has 1 atom stereocenters. The molecule has 0 spiro atoms. The molecule has 1 unspecified atom stereocenters. The van der Waals surface area contributed by atoms with Crippen molar-refractivity contribution < 1.29 is 9.59 Å². The van der Waals surface area contributed by atoms with Gasteiger partial charge in [-0.3, -0.25) is 9.59 Å². The molecular weight excluding hydrogens is 336 g/mol. The van der Waals surface area contributed by atoms with Crippen LogP contribution in [0, 0.1) is 19.8 Å². The number of benzene rings is 2. The molecule has 3 aromatic rings. The number of hydrogen-bond acceptors (Lipinski definition) is 2. The van der Waals surface area contributed by atoms with Crippen LogP contribution in [0.4, 0.5) is 0 Å². The third kappa shape index (κ3) is 3.27. The van der Waals surface area contributed by atoms with Crippen LogP contribution in [-0.2, 0) is 0 Å². The number of fused-ring (bicyclic) bond motifs is 1. The lowest BCUT2D eigenvalue weighted by atomic mass is 9.89. The molecule has 0 radical (unpaired) electrons. The summed E-state index contributed by atoms with van der Waals surface area (Å²) in [6, 6.07) is 15.2. The first-order valence-electron chi connectivity index (χ1n) is 9.52. The van der Waals surface area contributed by atoms with E-state index < -0.39 is 0 Å². The lowest BCUT2D eigenvalue weighted by Gasteiger charge is -2.32. The van der Waals surface area contributed by atoms with E-state index in [4.69, 9.17) is 0 Å². The molecule has 1 aliphatic heterocycles. The van der Waals surface area contributed by atoms with Gasteiger partial charge in [0.15, 0.2) is 5.78 Å². The van der Waals surface area contributed by atoms with Gasteiger partial charge in [0.2, 0.25) is 0 Å². The van der Waals surface area contributed by atoms with Gasteiger partial charge < -0.3 is 9.88 Å². The number of hydrogen-bond donors (Lipinski definition) is 1. The Morgan fingerprint density at radius 1 is 1.04 bits per heavy atom. The SMILES string of the molecule is Cc1[nH]c2ccc(C(=O)N3CCCC(C(=O)c4ccccc4)C3)cc2c1C. The van der Waals surface area contributed by atoms with E-state index in [9.17, 15) is 9.59 Å². The Morgan fingerprint density at radius 2 is 1.81 bits per heavy atom. The molecule has 0 bridgehead atoms. The quantitative estimate of drug-likeness (QED) is 0.698. The van der Waals surface area contributed by atoms with Gasteiger partial charge in [0, 0.05) is 46.7 Å². The van der Waals surface area contributed by atoms with Crippen LogP contribution >= 0.6 is 0 Å². The van der Waals surface area contributed by atoms with Gasteiger partial charge in [0.25, 0.3) is 5.91 Å². The molecule has 4 nitrogen and oxygen atoms in total. The van der Waals surface area contributed by atoms with E-state index in [2.05, 4.69) is 11.9 Å². The smallest absolute Gasteiger partial charge is 0.253 e. The first kappa shape index (κ1) is 17.5. The van der Waals surface area contributed by atoms with Crippen molar-refractivity contribution in [3.05, 3.63) is 70.9 Å². The highest BCUT2D eigenvalue weighted by Crippen LogP contribution is 2.25. The van der Waals surface area contributed by atoms with E-state index in [0.717, 1.165) is 35.0 Å². The summed E-state index contributed by atoms with van der Waals surface area (Å²) in [7, 11) is 0. The van der Waals surface area contributed by atoms with Crippen molar-refractivity contribution in [2.24, 2.45) is 5.92 Å². The Labute approximate surface area is 159 Å². The van der Waals surface area contributed by atoms with Crippen molar-refractivity contribution in [1.29, 1.82) is 0 Å². The second kappa shape index (κ2) is 7.03. The molecule has 1 amide bonds. The summed E-state index contributed by atoms with van der Waals surface area (Å²) in [5, 5.41) is 1.09. The number of likely N-dealkylation sites (tertiary alicyclic amines) is 1. The highest BCUT2D eigenvalue weighted by Gasteiger charge is 2.29. The Hall–Kier alpha value is -2.88. The standard InChI is InChI=1S/C23H24N2O2/c1-15-16(2)24-21-11-10-18(13-20(15)21)23(27)25-12-6-9-19(14-25)22(26)17-7-4-3-5-8-17/h3-5,7-8,10-11,13,19,24H,6,9,12,14H2,1-2H3. The normalized spacial score (nSPS) is 17.3. The van der Waals surface area contributed by atoms with E-state index in [0.29, 0.717) is 18.7 Å². The third-order valence-electron chi connectivity index (χ3n) is 5.69. The fourth-order valence-corrected chi connectivity index (χ4v) is 3.99. The average Bonchev–Trinajstić information content (AvgIpc) is 3.01. The van der Waals surface area contributed by atoms with Crippen LogP contribution in [0.5, 0.6) is 0 Å². The van der Waals surface area contributed by atoms with Crippen LogP contribution in [0.3, 0.4) is 0 Å². The maximum absolute atomic E-state index is 13.1. The molecule has 1 N–H and O–H groups in total. The maximum atomic E-state index is 13.1. The minimum Gasteiger partial charge on any atom is -0.358 e. The zero-order chi connectivity index (χ0) is 19.0. The zero-order valence-corrected chi connectivity index (χ0v) is 15.8. The van der Waals surface area contributed by atoms with E-state index in [1.54, 1.807) is 0 Å². The largest absolute Gasteiger partial charge is 0.358 e. The monoisotopic (exact) mass is 360 g/mol. The average molecular weight is 360 g/mol. The molecule has 0 saturated carbocycles. The Morgan fingerprint density at radius 3 is 2.59 bits per heavy atom. The van der Waals surface area contributed by atoms with Crippen molar-refractivity contribution in [2.75, 3.05) is 13.1 Å². The summed E-state index contributed by atoms with van der Waals surface area (Å²) in [6.45, 7) is 5.31. The minimum atomic E-state index is -0.120. The van der Waals surface area contributed by atoms with Crippen molar-refractivity contribution in [1.82, 2.24) is 9.88 Å². The highest BCUT2D eigenvalue weighted by atomic mass is 16.2. The first-order valence-corrected chi connectivity index (χ1v) is 9.52. The van der Waals surface area contributed by atoms with Crippen LogP contribution in [-0.4, -0.2) is 34.7 Å². The van der Waals surface area contributed by atoms with Crippen molar-refractivity contribution in [3.63, 3.8) is 0 Å². The summed E-state index contributed by atoms with van der Waals surface area (Å²) in [4.78, 5) is 31.0. The zero-order valence-electron chi connectivity index (χ0n) is 15.8. The minimum absolute atomic E-state index is 0.0146. The van der Waals surface area contributed by atoms with Gasteiger partial charge in [-0.2, -0.15) is 0 Å². The van der Waals surface area contributed by atoms with Crippen molar-refractivity contribution in [2.45, 2.75) is 26.7 Å².